The number of likely N-dealkylation sites (tertiary alicyclic amines) is 1. The summed E-state index contributed by atoms with van der Waals surface area (Å²) in [4.78, 5) is 21.9. The largest absolute Gasteiger partial charge is 0.487 e. The van der Waals surface area contributed by atoms with Crippen LogP contribution < -0.4 is 4.74 Å². The molecule has 1 aliphatic heterocycles. The van der Waals surface area contributed by atoms with Crippen molar-refractivity contribution in [3.63, 3.8) is 0 Å². The highest BCUT2D eigenvalue weighted by Crippen LogP contribution is 2.26. The highest BCUT2D eigenvalue weighted by molar-refractivity contribution is 6.31. The first-order valence-electron chi connectivity index (χ1n) is 8.79. The zero-order valence-electron chi connectivity index (χ0n) is 14.3. The number of piperidine rings is 1. The lowest BCUT2D eigenvalue weighted by Crippen LogP contribution is -2.45. The molecule has 0 aliphatic carbocycles. The fourth-order valence-corrected chi connectivity index (χ4v) is 3.61. The second-order valence-electron chi connectivity index (χ2n) is 6.56. The van der Waals surface area contributed by atoms with Gasteiger partial charge in [-0.25, -0.2) is 0 Å². The van der Waals surface area contributed by atoms with Crippen LogP contribution in [0.3, 0.4) is 0 Å². The Kier molecular flexibility index (Phi) is 4.80. The van der Waals surface area contributed by atoms with Crippen LogP contribution in [-0.4, -0.2) is 40.0 Å². The topological polar surface area (TPSA) is 58.2 Å². The van der Waals surface area contributed by atoms with Crippen molar-refractivity contribution in [3.05, 3.63) is 59.5 Å². The molecule has 134 valence electrons. The van der Waals surface area contributed by atoms with Crippen molar-refractivity contribution >= 4 is 28.4 Å². The minimum absolute atomic E-state index is 0.0458. The number of carbonyl (C=O) groups excluding carboxylic acids is 1. The maximum absolute atomic E-state index is 12.8. The standard InChI is InChI=1S/C20H20ClN3O2/c21-17-12-22-8-7-19(17)26-15-4-3-9-24(13-15)20(25)10-14-11-23-18-6-2-1-5-16(14)18/h1-2,5-8,11-12,15,23H,3-4,9-10,13H2/t15-/m1/s1. The molecule has 1 aliphatic rings. The predicted molar refractivity (Wildman–Crippen MR) is 101 cm³/mol. The molecule has 1 fully saturated rings. The number of fused-ring (bicyclic) bond motifs is 1. The molecule has 1 saturated heterocycles. The molecule has 1 amide bonds. The lowest BCUT2D eigenvalue weighted by Gasteiger charge is -2.33. The van der Waals surface area contributed by atoms with Crippen molar-refractivity contribution in [1.82, 2.24) is 14.9 Å². The molecule has 0 radical (unpaired) electrons. The fraction of sp³-hybridized carbons (Fsp3) is 0.300. The molecule has 0 unspecified atom stereocenters. The Bertz CT molecular complexity index is 924. The van der Waals surface area contributed by atoms with Gasteiger partial charge in [-0.05, 0) is 24.5 Å². The first-order chi connectivity index (χ1) is 12.7. The van der Waals surface area contributed by atoms with Gasteiger partial charge in [-0.15, -0.1) is 0 Å². The number of hydrogen-bond donors (Lipinski definition) is 1. The Morgan fingerprint density at radius 1 is 1.35 bits per heavy atom. The van der Waals surface area contributed by atoms with Gasteiger partial charge in [0.15, 0.2) is 0 Å². The number of ether oxygens (including phenoxy) is 1. The lowest BCUT2D eigenvalue weighted by atomic mass is 10.1. The summed E-state index contributed by atoms with van der Waals surface area (Å²) in [7, 11) is 0. The summed E-state index contributed by atoms with van der Waals surface area (Å²) in [5.74, 6) is 0.751. The predicted octanol–water partition coefficient (Wildman–Crippen LogP) is 3.83. The minimum atomic E-state index is -0.0458. The number of aromatic nitrogens is 2. The number of rotatable bonds is 4. The highest BCUT2D eigenvalue weighted by Gasteiger charge is 2.26. The second kappa shape index (κ2) is 7.38. The molecule has 1 atom stereocenters. The average Bonchev–Trinajstić information content (AvgIpc) is 3.07. The summed E-state index contributed by atoms with van der Waals surface area (Å²) in [5.41, 5.74) is 2.09. The van der Waals surface area contributed by atoms with Crippen molar-refractivity contribution in [3.8, 4) is 5.75 Å². The molecular weight excluding hydrogens is 350 g/mol. The molecule has 26 heavy (non-hydrogen) atoms. The number of halogens is 1. The number of nitrogens with one attached hydrogen (secondary N) is 1. The number of benzene rings is 1. The lowest BCUT2D eigenvalue weighted by molar-refractivity contribution is -0.133. The van der Waals surface area contributed by atoms with E-state index in [-0.39, 0.29) is 12.0 Å². The van der Waals surface area contributed by atoms with Crippen LogP contribution in [-0.2, 0) is 11.2 Å². The number of nitrogens with zero attached hydrogens (tertiary/aromatic N) is 2. The fourth-order valence-electron chi connectivity index (χ4n) is 3.45. The molecule has 5 nitrogen and oxygen atoms in total. The molecule has 4 rings (SSSR count). The van der Waals surface area contributed by atoms with E-state index in [0.29, 0.717) is 23.7 Å². The van der Waals surface area contributed by atoms with Gasteiger partial charge in [0.1, 0.15) is 16.9 Å². The van der Waals surface area contributed by atoms with Crippen LogP contribution in [0.2, 0.25) is 5.02 Å². The number of amides is 1. The summed E-state index contributed by atoms with van der Waals surface area (Å²) < 4.78 is 6.00. The van der Waals surface area contributed by atoms with Crippen LogP contribution in [0, 0.1) is 0 Å². The van der Waals surface area contributed by atoms with Crippen LogP contribution in [0.15, 0.2) is 48.9 Å². The van der Waals surface area contributed by atoms with Crippen molar-refractivity contribution in [1.29, 1.82) is 0 Å². The second-order valence-corrected chi connectivity index (χ2v) is 6.97. The molecule has 0 bridgehead atoms. The monoisotopic (exact) mass is 369 g/mol. The molecule has 6 heteroatoms. The third kappa shape index (κ3) is 3.53. The van der Waals surface area contributed by atoms with Gasteiger partial charge in [0.25, 0.3) is 0 Å². The number of carbonyl (C=O) groups is 1. The van der Waals surface area contributed by atoms with Crippen LogP contribution in [0.1, 0.15) is 18.4 Å². The number of aromatic amines is 1. The Morgan fingerprint density at radius 2 is 2.23 bits per heavy atom. The maximum Gasteiger partial charge on any atom is 0.227 e. The van der Waals surface area contributed by atoms with E-state index in [2.05, 4.69) is 9.97 Å². The van der Waals surface area contributed by atoms with Crippen molar-refractivity contribution < 1.29 is 9.53 Å². The van der Waals surface area contributed by atoms with Gasteiger partial charge >= 0.3 is 0 Å². The first kappa shape index (κ1) is 16.9. The summed E-state index contributed by atoms with van der Waals surface area (Å²) >= 11 is 6.12. The maximum atomic E-state index is 12.8. The number of H-pyrrole nitrogens is 1. The zero-order chi connectivity index (χ0) is 17.9. The van der Waals surface area contributed by atoms with Crippen LogP contribution in [0.4, 0.5) is 0 Å². The van der Waals surface area contributed by atoms with Crippen molar-refractivity contribution in [2.75, 3.05) is 13.1 Å². The molecule has 3 heterocycles. The van der Waals surface area contributed by atoms with Crippen molar-refractivity contribution in [2.45, 2.75) is 25.4 Å². The Morgan fingerprint density at radius 3 is 3.12 bits per heavy atom. The number of para-hydroxylation sites is 1. The molecule has 1 N–H and O–H groups in total. The molecule has 2 aromatic heterocycles. The van der Waals surface area contributed by atoms with E-state index in [1.807, 2.05) is 35.4 Å². The van der Waals surface area contributed by atoms with Gasteiger partial charge in [0.05, 0.1) is 13.0 Å². The summed E-state index contributed by atoms with van der Waals surface area (Å²) in [6, 6.07) is 9.80. The van der Waals surface area contributed by atoms with E-state index >= 15 is 0 Å². The van der Waals surface area contributed by atoms with Crippen LogP contribution in [0.5, 0.6) is 5.75 Å². The van der Waals surface area contributed by atoms with Gasteiger partial charge < -0.3 is 14.6 Å². The Hall–Kier alpha value is -2.53. The van der Waals surface area contributed by atoms with Crippen LogP contribution in [0.25, 0.3) is 10.9 Å². The minimum Gasteiger partial charge on any atom is -0.487 e. The van der Waals surface area contributed by atoms with Gasteiger partial charge in [-0.3, -0.25) is 9.78 Å². The van der Waals surface area contributed by atoms with Gasteiger partial charge in [0, 0.05) is 42.1 Å². The molecular formula is C20H20ClN3O2. The normalized spacial score (nSPS) is 17.4. The average molecular weight is 370 g/mol. The summed E-state index contributed by atoms with van der Waals surface area (Å²) in [6.07, 6.45) is 7.34. The Labute approximate surface area is 156 Å². The van der Waals surface area contributed by atoms with Crippen molar-refractivity contribution in [2.24, 2.45) is 0 Å². The quantitative estimate of drug-likeness (QED) is 0.760. The third-order valence-electron chi connectivity index (χ3n) is 4.78. The van der Waals surface area contributed by atoms with Crippen LogP contribution >= 0.6 is 11.6 Å². The van der Waals surface area contributed by atoms with E-state index in [9.17, 15) is 4.79 Å². The van der Waals surface area contributed by atoms with E-state index in [0.717, 1.165) is 35.9 Å². The van der Waals surface area contributed by atoms with E-state index in [4.69, 9.17) is 16.3 Å². The SMILES string of the molecule is O=C(Cc1c[nH]c2ccccc12)N1CCC[C@@H](Oc2ccncc2Cl)C1. The van der Waals surface area contributed by atoms with E-state index in [1.165, 1.54) is 0 Å². The third-order valence-corrected chi connectivity index (χ3v) is 5.06. The molecule has 0 saturated carbocycles. The molecule has 0 spiro atoms. The van der Waals surface area contributed by atoms with E-state index in [1.54, 1.807) is 18.5 Å². The Balaban J connectivity index is 1.42. The first-order valence-corrected chi connectivity index (χ1v) is 9.17. The smallest absolute Gasteiger partial charge is 0.227 e. The highest BCUT2D eigenvalue weighted by atomic mass is 35.5. The van der Waals surface area contributed by atoms with Gasteiger partial charge in [-0.1, -0.05) is 29.8 Å². The number of hydrogen-bond acceptors (Lipinski definition) is 3. The molecule has 1 aromatic carbocycles. The summed E-state index contributed by atoms with van der Waals surface area (Å²) in [5, 5.41) is 1.60. The summed E-state index contributed by atoms with van der Waals surface area (Å²) in [6.45, 7) is 1.35. The van der Waals surface area contributed by atoms with Gasteiger partial charge in [-0.2, -0.15) is 0 Å². The van der Waals surface area contributed by atoms with E-state index < -0.39 is 0 Å². The zero-order valence-corrected chi connectivity index (χ0v) is 15.1. The number of pyridine rings is 1. The van der Waals surface area contributed by atoms with Gasteiger partial charge in [0.2, 0.25) is 5.91 Å². The molecule has 3 aromatic rings.